The maximum Gasteiger partial charge on any atom is 0.348 e. The van der Waals surface area contributed by atoms with Gasteiger partial charge in [0.25, 0.3) is 0 Å². The fourth-order valence-electron chi connectivity index (χ4n) is 1.69. The predicted octanol–water partition coefficient (Wildman–Crippen LogP) is 4.81. The number of ether oxygens (including phenoxy) is 1. The Balaban J connectivity index is 2.60. The molecule has 1 aromatic rings. The van der Waals surface area contributed by atoms with Gasteiger partial charge in [-0.15, -0.1) is 11.3 Å². The van der Waals surface area contributed by atoms with Gasteiger partial charge in [0, 0.05) is 0 Å². The van der Waals surface area contributed by atoms with Crippen molar-refractivity contribution in [2.75, 3.05) is 6.61 Å². The van der Waals surface area contributed by atoms with Gasteiger partial charge in [0.15, 0.2) is 0 Å². The number of hydrogen-bond acceptors (Lipinski definition) is 3. The molecule has 0 aliphatic heterocycles. The highest BCUT2D eigenvalue weighted by Crippen LogP contribution is 2.29. The molecule has 0 unspecified atom stereocenters. The zero-order valence-corrected chi connectivity index (χ0v) is 12.8. The predicted molar refractivity (Wildman–Crippen MR) is 75.8 cm³/mol. The third-order valence-electron chi connectivity index (χ3n) is 2.54. The number of rotatable bonds is 7. The lowest BCUT2D eigenvalue weighted by Gasteiger charge is -2.03. The summed E-state index contributed by atoms with van der Waals surface area (Å²) in [5.41, 5.74) is 1.12. The van der Waals surface area contributed by atoms with Crippen LogP contribution in [-0.4, -0.2) is 12.6 Å². The number of carbonyl (C=O) groups excluding carboxylic acids is 1. The highest BCUT2D eigenvalue weighted by atomic mass is 79.9. The fraction of sp³-hybridized carbons (Fsp3) is 0.615. The summed E-state index contributed by atoms with van der Waals surface area (Å²) in [6.07, 6.45) is 5.84. The number of halogens is 1. The Bertz CT molecular complexity index is 360. The molecule has 0 saturated heterocycles. The van der Waals surface area contributed by atoms with Crippen molar-refractivity contribution in [3.05, 3.63) is 20.3 Å². The third-order valence-corrected chi connectivity index (χ3v) is 4.20. The Morgan fingerprint density at radius 1 is 1.35 bits per heavy atom. The van der Waals surface area contributed by atoms with Gasteiger partial charge >= 0.3 is 5.97 Å². The zero-order chi connectivity index (χ0) is 12.7. The van der Waals surface area contributed by atoms with Gasteiger partial charge in [0.2, 0.25) is 0 Å². The summed E-state index contributed by atoms with van der Waals surface area (Å²) in [6, 6.07) is 2.04. The number of hydrogen-bond donors (Lipinski definition) is 0. The largest absolute Gasteiger partial charge is 0.462 e. The van der Waals surface area contributed by atoms with E-state index in [0.29, 0.717) is 6.61 Å². The summed E-state index contributed by atoms with van der Waals surface area (Å²) in [5.74, 6) is -0.186. The molecule has 1 heterocycles. The molecule has 0 fully saturated rings. The molecule has 0 aromatic carbocycles. The van der Waals surface area contributed by atoms with Gasteiger partial charge in [0.05, 0.1) is 10.4 Å². The van der Waals surface area contributed by atoms with Gasteiger partial charge in [-0.1, -0.05) is 26.2 Å². The summed E-state index contributed by atoms with van der Waals surface area (Å²) in [7, 11) is 0. The minimum absolute atomic E-state index is 0.186. The minimum Gasteiger partial charge on any atom is -0.462 e. The summed E-state index contributed by atoms with van der Waals surface area (Å²) in [4.78, 5) is 12.5. The molecule has 1 aromatic heterocycles. The number of thiophene rings is 1. The van der Waals surface area contributed by atoms with Crippen LogP contribution in [0.2, 0.25) is 0 Å². The van der Waals surface area contributed by atoms with Crippen molar-refractivity contribution in [3.8, 4) is 0 Å². The van der Waals surface area contributed by atoms with E-state index >= 15 is 0 Å². The first-order chi connectivity index (χ1) is 8.19. The van der Waals surface area contributed by atoms with Crippen LogP contribution in [0.15, 0.2) is 9.85 Å². The van der Waals surface area contributed by atoms with E-state index in [-0.39, 0.29) is 5.97 Å². The van der Waals surface area contributed by atoms with Gasteiger partial charge in [-0.2, -0.15) is 0 Å². The Morgan fingerprint density at radius 2 is 2.12 bits per heavy atom. The highest BCUT2D eigenvalue weighted by molar-refractivity contribution is 9.11. The van der Waals surface area contributed by atoms with Gasteiger partial charge < -0.3 is 4.74 Å². The van der Waals surface area contributed by atoms with Crippen molar-refractivity contribution in [3.63, 3.8) is 0 Å². The van der Waals surface area contributed by atoms with Crippen LogP contribution in [0.5, 0.6) is 0 Å². The van der Waals surface area contributed by atoms with E-state index in [9.17, 15) is 4.79 Å². The molecule has 2 nitrogen and oxygen atoms in total. The van der Waals surface area contributed by atoms with Gasteiger partial charge in [-0.3, -0.25) is 0 Å². The second-order valence-corrected chi connectivity index (χ2v) is 6.37. The Labute approximate surface area is 115 Å². The van der Waals surface area contributed by atoms with Crippen LogP contribution in [0.3, 0.4) is 0 Å². The molecule has 1 rings (SSSR count). The number of carbonyl (C=O) groups is 1. The van der Waals surface area contributed by atoms with Crippen molar-refractivity contribution in [1.82, 2.24) is 0 Å². The van der Waals surface area contributed by atoms with Crippen LogP contribution < -0.4 is 0 Å². The van der Waals surface area contributed by atoms with E-state index in [4.69, 9.17) is 4.74 Å². The maximum absolute atomic E-state index is 11.7. The van der Waals surface area contributed by atoms with Crippen LogP contribution >= 0.6 is 27.3 Å². The molecule has 0 spiro atoms. The summed E-state index contributed by atoms with van der Waals surface area (Å²) < 4.78 is 6.07. The topological polar surface area (TPSA) is 26.3 Å². The molecule has 0 atom stereocenters. The molecule has 96 valence electrons. The van der Waals surface area contributed by atoms with Crippen molar-refractivity contribution in [2.24, 2.45) is 0 Å². The van der Waals surface area contributed by atoms with Crippen LogP contribution in [0.25, 0.3) is 0 Å². The van der Waals surface area contributed by atoms with Crippen LogP contribution in [-0.2, 0) is 11.2 Å². The van der Waals surface area contributed by atoms with Gasteiger partial charge in [0.1, 0.15) is 4.88 Å². The summed E-state index contributed by atoms with van der Waals surface area (Å²) in [6.45, 7) is 4.47. The van der Waals surface area contributed by atoms with E-state index in [1.54, 1.807) is 0 Å². The molecular weight excluding hydrogens is 300 g/mol. The van der Waals surface area contributed by atoms with E-state index in [1.165, 1.54) is 30.6 Å². The molecule has 0 bridgehead atoms. The lowest BCUT2D eigenvalue weighted by Crippen LogP contribution is -2.05. The molecule has 4 heteroatoms. The van der Waals surface area contributed by atoms with Crippen molar-refractivity contribution in [2.45, 2.75) is 46.0 Å². The maximum atomic E-state index is 11.7. The van der Waals surface area contributed by atoms with Crippen LogP contribution in [0.4, 0.5) is 0 Å². The van der Waals surface area contributed by atoms with Crippen LogP contribution in [0.1, 0.15) is 54.8 Å². The normalized spacial score (nSPS) is 10.5. The fourth-order valence-corrected chi connectivity index (χ4v) is 3.28. The molecule has 0 amide bonds. The monoisotopic (exact) mass is 318 g/mol. The summed E-state index contributed by atoms with van der Waals surface area (Å²) >= 11 is 4.90. The third kappa shape index (κ3) is 4.80. The number of unbranched alkanes of at least 4 members (excludes halogenated alkanes) is 3. The van der Waals surface area contributed by atoms with E-state index in [0.717, 1.165) is 27.1 Å². The van der Waals surface area contributed by atoms with Gasteiger partial charge in [-0.25, -0.2) is 4.79 Å². The highest BCUT2D eigenvalue weighted by Gasteiger charge is 2.16. The number of esters is 1. The zero-order valence-electron chi connectivity index (χ0n) is 10.4. The van der Waals surface area contributed by atoms with Crippen molar-refractivity contribution in [1.29, 1.82) is 0 Å². The molecule has 0 N–H and O–H groups in total. The first-order valence-electron chi connectivity index (χ1n) is 6.14. The standard InChI is InChI=1S/C13H19BrO2S/c1-3-5-6-7-8-10-9-11(14)17-12(10)13(15)16-4-2/h9H,3-8H2,1-2H3. The Morgan fingerprint density at radius 3 is 2.76 bits per heavy atom. The SMILES string of the molecule is CCCCCCc1cc(Br)sc1C(=O)OCC. The molecule has 0 aliphatic rings. The van der Waals surface area contributed by atoms with E-state index in [2.05, 4.69) is 22.9 Å². The number of aryl methyl sites for hydroxylation is 1. The molecule has 0 aliphatic carbocycles. The van der Waals surface area contributed by atoms with Crippen molar-refractivity contribution >= 4 is 33.2 Å². The Kier molecular flexibility index (Phi) is 6.82. The van der Waals surface area contributed by atoms with E-state index < -0.39 is 0 Å². The first-order valence-corrected chi connectivity index (χ1v) is 7.75. The lowest BCUT2D eigenvalue weighted by molar-refractivity contribution is 0.0531. The van der Waals surface area contributed by atoms with Crippen molar-refractivity contribution < 1.29 is 9.53 Å². The quantitative estimate of drug-likeness (QED) is 0.532. The average molecular weight is 319 g/mol. The molecule has 0 radical (unpaired) electrons. The second kappa shape index (κ2) is 7.88. The minimum atomic E-state index is -0.186. The smallest absolute Gasteiger partial charge is 0.348 e. The van der Waals surface area contributed by atoms with Crippen LogP contribution in [0, 0.1) is 0 Å². The molecule has 0 saturated carbocycles. The Hall–Kier alpha value is -0.350. The average Bonchev–Trinajstić information content (AvgIpc) is 2.66. The summed E-state index contributed by atoms with van der Waals surface area (Å²) in [5, 5.41) is 0. The lowest BCUT2D eigenvalue weighted by atomic mass is 10.1. The molecule has 17 heavy (non-hydrogen) atoms. The van der Waals surface area contributed by atoms with Gasteiger partial charge in [-0.05, 0) is 47.3 Å². The first kappa shape index (κ1) is 14.7. The van der Waals surface area contributed by atoms with E-state index in [1.807, 2.05) is 13.0 Å². The molecular formula is C13H19BrO2S. The second-order valence-electron chi connectivity index (χ2n) is 3.94.